The number of benzene rings is 1. The number of aliphatic hydroxyl groups is 1. The van der Waals surface area contributed by atoms with Crippen molar-refractivity contribution in [1.29, 1.82) is 0 Å². The number of imidazole rings is 1. The number of alkyl carbamates (subject to hydrolysis) is 1. The summed E-state index contributed by atoms with van der Waals surface area (Å²) in [7, 11) is -4.17. The molecular formula is C23H32N4O6S. The van der Waals surface area contributed by atoms with Crippen LogP contribution in [0.1, 0.15) is 50.1 Å². The number of hydrogen-bond acceptors (Lipinski definition) is 7. The number of ether oxygens (including phenoxy) is 1. The number of carbonyl (C=O) groups excluding carboxylic acids is 2. The lowest BCUT2D eigenvalue weighted by Gasteiger charge is -2.35. The van der Waals surface area contributed by atoms with Crippen LogP contribution >= 0.6 is 0 Å². The van der Waals surface area contributed by atoms with E-state index in [1.54, 1.807) is 32.9 Å². The van der Waals surface area contributed by atoms with Gasteiger partial charge in [-0.3, -0.25) is 4.79 Å². The lowest BCUT2D eigenvalue weighted by atomic mass is 10.0. The van der Waals surface area contributed by atoms with E-state index in [1.807, 2.05) is 6.92 Å². The van der Waals surface area contributed by atoms with Gasteiger partial charge < -0.3 is 25.0 Å². The minimum atomic E-state index is -4.17. The molecule has 0 bridgehead atoms. The van der Waals surface area contributed by atoms with Crippen molar-refractivity contribution < 1.29 is 27.9 Å². The van der Waals surface area contributed by atoms with Gasteiger partial charge in [0.15, 0.2) is 9.84 Å². The molecule has 34 heavy (non-hydrogen) atoms. The van der Waals surface area contributed by atoms with E-state index in [4.69, 9.17) is 4.74 Å². The number of carbonyl (C=O) groups is 2. The maximum atomic E-state index is 13.8. The quantitative estimate of drug-likeness (QED) is 0.561. The first-order valence-corrected chi connectivity index (χ1v) is 12.7. The second-order valence-corrected chi connectivity index (χ2v) is 11.5. The standard InChI is InChI=1S/C23H32N4O6S/c1-15-5-7-17(8-6-15)34(31,32)20(18-13-24-14-25-18)19(26-22(30)33-23(2,3)4)21(29)27-11-9-16(28)10-12-27/h5-8,13-14,16,19-20,28H,9-12H2,1-4H3,(H,24,25)(H,26,30). The van der Waals surface area contributed by atoms with Crippen LogP contribution < -0.4 is 5.32 Å². The van der Waals surface area contributed by atoms with Crippen LogP contribution in [0.25, 0.3) is 0 Å². The van der Waals surface area contributed by atoms with Crippen LogP contribution in [-0.4, -0.2) is 71.2 Å². The van der Waals surface area contributed by atoms with Gasteiger partial charge in [-0.15, -0.1) is 0 Å². The van der Waals surface area contributed by atoms with Crippen LogP contribution in [-0.2, 0) is 19.4 Å². The van der Waals surface area contributed by atoms with Gasteiger partial charge in [-0.2, -0.15) is 0 Å². The van der Waals surface area contributed by atoms with Crippen molar-refractivity contribution in [3.05, 3.63) is 48.0 Å². The van der Waals surface area contributed by atoms with Crippen LogP contribution in [0.4, 0.5) is 4.79 Å². The molecule has 1 aromatic carbocycles. The predicted molar refractivity (Wildman–Crippen MR) is 125 cm³/mol. The van der Waals surface area contributed by atoms with E-state index in [0.717, 1.165) is 5.56 Å². The van der Waals surface area contributed by atoms with Crippen LogP contribution in [0.2, 0.25) is 0 Å². The molecule has 1 aliphatic heterocycles. The summed E-state index contributed by atoms with van der Waals surface area (Å²) in [6.45, 7) is 7.33. The summed E-state index contributed by atoms with van der Waals surface area (Å²) in [6.07, 6.45) is 2.00. The molecular weight excluding hydrogens is 460 g/mol. The van der Waals surface area contributed by atoms with Crippen molar-refractivity contribution in [3.8, 4) is 0 Å². The van der Waals surface area contributed by atoms with Crippen molar-refractivity contribution >= 4 is 21.8 Å². The topological polar surface area (TPSA) is 142 Å². The first-order chi connectivity index (χ1) is 15.9. The zero-order chi connectivity index (χ0) is 25.1. The Hall–Kier alpha value is -2.92. The molecule has 2 heterocycles. The maximum absolute atomic E-state index is 13.8. The van der Waals surface area contributed by atoms with Gasteiger partial charge in [-0.1, -0.05) is 17.7 Å². The maximum Gasteiger partial charge on any atom is 0.408 e. The number of aromatic amines is 1. The molecule has 0 spiro atoms. The molecule has 1 aliphatic rings. The van der Waals surface area contributed by atoms with Crippen molar-refractivity contribution in [3.63, 3.8) is 0 Å². The number of rotatable bonds is 6. The fraction of sp³-hybridized carbons (Fsp3) is 0.522. The third-order valence-corrected chi connectivity index (χ3v) is 7.62. The van der Waals surface area contributed by atoms with Crippen LogP contribution in [0.5, 0.6) is 0 Å². The second kappa shape index (κ2) is 10.1. The largest absolute Gasteiger partial charge is 0.444 e. The van der Waals surface area contributed by atoms with Crippen molar-refractivity contribution in [2.24, 2.45) is 0 Å². The molecule has 0 aliphatic carbocycles. The van der Waals surface area contributed by atoms with Crippen molar-refractivity contribution in [2.75, 3.05) is 13.1 Å². The number of likely N-dealkylation sites (tertiary alicyclic amines) is 1. The highest BCUT2D eigenvalue weighted by molar-refractivity contribution is 7.91. The molecule has 0 radical (unpaired) electrons. The third-order valence-electron chi connectivity index (χ3n) is 5.51. The summed E-state index contributed by atoms with van der Waals surface area (Å²) in [5.41, 5.74) is 0.110. The highest BCUT2D eigenvalue weighted by Gasteiger charge is 2.45. The predicted octanol–water partition coefficient (Wildman–Crippen LogP) is 2.11. The first-order valence-electron chi connectivity index (χ1n) is 11.1. The van der Waals surface area contributed by atoms with E-state index >= 15 is 0 Å². The Morgan fingerprint density at radius 3 is 2.35 bits per heavy atom. The summed E-state index contributed by atoms with van der Waals surface area (Å²) in [5, 5.41) is 10.8. The molecule has 3 rings (SSSR count). The molecule has 3 N–H and O–H groups in total. The highest BCUT2D eigenvalue weighted by atomic mass is 32.2. The van der Waals surface area contributed by atoms with Gasteiger partial charge in [0.05, 0.1) is 23.0 Å². The minimum Gasteiger partial charge on any atom is -0.444 e. The third kappa shape index (κ3) is 6.15. The normalized spacial score (nSPS) is 17.1. The Morgan fingerprint density at radius 1 is 1.21 bits per heavy atom. The van der Waals surface area contributed by atoms with Crippen LogP contribution in [0.15, 0.2) is 41.7 Å². The fourth-order valence-corrected chi connectivity index (χ4v) is 5.59. The van der Waals surface area contributed by atoms with Gasteiger partial charge in [0.2, 0.25) is 5.91 Å². The van der Waals surface area contributed by atoms with Crippen LogP contribution in [0, 0.1) is 6.92 Å². The number of H-pyrrole nitrogens is 1. The molecule has 2 unspecified atom stereocenters. The molecule has 11 heteroatoms. The zero-order valence-electron chi connectivity index (χ0n) is 19.8. The molecule has 1 aromatic heterocycles. The lowest BCUT2D eigenvalue weighted by Crippen LogP contribution is -2.55. The monoisotopic (exact) mass is 492 g/mol. The van der Waals surface area contributed by atoms with Gasteiger partial charge in [0.25, 0.3) is 0 Å². The zero-order valence-corrected chi connectivity index (χ0v) is 20.6. The molecule has 0 saturated carbocycles. The first kappa shape index (κ1) is 25.7. The number of amides is 2. The number of sulfone groups is 1. The van der Waals surface area contributed by atoms with E-state index in [2.05, 4.69) is 15.3 Å². The summed E-state index contributed by atoms with van der Waals surface area (Å²) in [5.74, 6) is -0.582. The summed E-state index contributed by atoms with van der Waals surface area (Å²) >= 11 is 0. The van der Waals surface area contributed by atoms with Gasteiger partial charge >= 0.3 is 6.09 Å². The number of aliphatic hydroxyl groups excluding tert-OH is 1. The SMILES string of the molecule is Cc1ccc(S(=O)(=O)C(c2c[nH]cn2)C(NC(=O)OC(C)(C)C)C(=O)N2CCC(O)CC2)cc1. The number of nitrogens with one attached hydrogen (secondary N) is 2. The molecule has 186 valence electrons. The molecule has 1 fully saturated rings. The average Bonchev–Trinajstić information content (AvgIpc) is 3.26. The van der Waals surface area contributed by atoms with Gasteiger partial charge in [-0.25, -0.2) is 18.2 Å². The minimum absolute atomic E-state index is 0.00366. The van der Waals surface area contributed by atoms with Gasteiger partial charge in [0, 0.05) is 19.3 Å². The van der Waals surface area contributed by atoms with Crippen molar-refractivity contribution in [2.45, 2.75) is 68.4 Å². The number of nitrogens with zero attached hydrogens (tertiary/aromatic N) is 2. The number of aromatic nitrogens is 2. The Labute approximate surface area is 199 Å². The van der Waals surface area contributed by atoms with E-state index in [1.165, 1.54) is 29.6 Å². The smallest absolute Gasteiger partial charge is 0.408 e. The number of aryl methyl sites for hydroxylation is 1. The molecule has 10 nitrogen and oxygen atoms in total. The molecule has 2 aromatic rings. The highest BCUT2D eigenvalue weighted by Crippen LogP contribution is 2.32. The van der Waals surface area contributed by atoms with Gasteiger partial charge in [-0.05, 0) is 52.7 Å². The lowest BCUT2D eigenvalue weighted by molar-refractivity contribution is -0.135. The molecule has 2 amide bonds. The average molecular weight is 493 g/mol. The summed E-state index contributed by atoms with van der Waals surface area (Å²) < 4.78 is 33.0. The number of piperidine rings is 1. The Kier molecular flexibility index (Phi) is 7.67. The Bertz CT molecular complexity index is 1090. The fourth-order valence-electron chi connectivity index (χ4n) is 3.80. The van der Waals surface area contributed by atoms with Crippen LogP contribution in [0.3, 0.4) is 0 Å². The van der Waals surface area contributed by atoms with E-state index in [9.17, 15) is 23.1 Å². The van der Waals surface area contributed by atoms with E-state index < -0.39 is 44.8 Å². The molecule has 2 atom stereocenters. The second-order valence-electron chi connectivity index (χ2n) is 9.45. The summed E-state index contributed by atoms with van der Waals surface area (Å²) in [6, 6.07) is 4.77. The van der Waals surface area contributed by atoms with Gasteiger partial charge in [0.1, 0.15) is 16.9 Å². The Morgan fingerprint density at radius 2 is 1.82 bits per heavy atom. The van der Waals surface area contributed by atoms with E-state index in [0.29, 0.717) is 12.8 Å². The number of hydrogen-bond donors (Lipinski definition) is 3. The van der Waals surface area contributed by atoms with E-state index in [-0.39, 0.29) is 23.7 Å². The van der Waals surface area contributed by atoms with Crippen molar-refractivity contribution in [1.82, 2.24) is 20.2 Å². The molecule has 1 saturated heterocycles. The summed E-state index contributed by atoms with van der Waals surface area (Å²) in [4.78, 5) is 34.7. The Balaban J connectivity index is 2.06.